The number of methoxy groups -OCH3 is 1. The molecule has 0 aliphatic carbocycles. The molecule has 0 spiro atoms. The van der Waals surface area contributed by atoms with Crippen LogP contribution in [0.5, 0.6) is 5.75 Å². The van der Waals surface area contributed by atoms with E-state index in [1.54, 1.807) is 13.2 Å². The van der Waals surface area contributed by atoms with Crippen LogP contribution in [0.25, 0.3) is 6.08 Å². The SMILES string of the molecule is CCN(CC)c1ccc(/C=C2/C(=O)NC(=S)N(c3ccc(C)cc3C)C2=O)c(OC)c1. The van der Waals surface area contributed by atoms with E-state index in [9.17, 15) is 9.59 Å². The fourth-order valence-corrected chi connectivity index (χ4v) is 3.97. The number of nitrogens with zero attached hydrogens (tertiary/aromatic N) is 2. The van der Waals surface area contributed by atoms with E-state index in [1.807, 2.05) is 50.2 Å². The van der Waals surface area contributed by atoms with Crippen LogP contribution in [0, 0.1) is 13.8 Å². The van der Waals surface area contributed by atoms with Crippen molar-refractivity contribution in [2.45, 2.75) is 27.7 Å². The third-order valence-electron chi connectivity index (χ3n) is 5.34. The zero-order chi connectivity index (χ0) is 22.7. The molecule has 0 saturated carbocycles. The van der Waals surface area contributed by atoms with Crippen molar-refractivity contribution >= 4 is 46.6 Å². The molecule has 1 fully saturated rings. The lowest BCUT2D eigenvalue weighted by molar-refractivity contribution is -0.122. The fraction of sp³-hybridized carbons (Fsp3) is 0.292. The van der Waals surface area contributed by atoms with Gasteiger partial charge in [0.25, 0.3) is 11.8 Å². The molecule has 162 valence electrons. The van der Waals surface area contributed by atoms with Crippen LogP contribution in [0.2, 0.25) is 0 Å². The molecular formula is C24H27N3O3S. The van der Waals surface area contributed by atoms with Crippen LogP contribution < -0.4 is 19.9 Å². The second-order valence-electron chi connectivity index (χ2n) is 7.35. The minimum atomic E-state index is -0.522. The highest BCUT2D eigenvalue weighted by atomic mass is 32.1. The topological polar surface area (TPSA) is 61.9 Å². The molecule has 0 atom stereocenters. The van der Waals surface area contributed by atoms with Crippen LogP contribution in [0.4, 0.5) is 11.4 Å². The molecule has 1 heterocycles. The molecule has 2 aromatic rings. The summed E-state index contributed by atoms with van der Waals surface area (Å²) < 4.78 is 5.55. The summed E-state index contributed by atoms with van der Waals surface area (Å²) in [5.41, 5.74) is 4.28. The number of thiocarbonyl (C=S) groups is 1. The summed E-state index contributed by atoms with van der Waals surface area (Å²) >= 11 is 5.31. The first-order chi connectivity index (χ1) is 14.8. The van der Waals surface area contributed by atoms with Gasteiger partial charge in [0.05, 0.1) is 12.8 Å². The average molecular weight is 438 g/mol. The first-order valence-corrected chi connectivity index (χ1v) is 10.6. The number of nitrogens with one attached hydrogen (secondary N) is 1. The molecule has 7 heteroatoms. The standard InChI is InChI=1S/C24H27N3O3S/c1-6-26(7-2)18-10-9-17(21(14-18)30-5)13-19-22(28)25-24(31)27(23(19)29)20-11-8-15(3)12-16(20)4/h8-14H,6-7H2,1-5H3,(H,25,28,31)/b19-13-. The van der Waals surface area contributed by atoms with Gasteiger partial charge in [-0.25, -0.2) is 0 Å². The Kier molecular flexibility index (Phi) is 6.75. The summed E-state index contributed by atoms with van der Waals surface area (Å²) in [4.78, 5) is 29.5. The van der Waals surface area contributed by atoms with E-state index < -0.39 is 11.8 Å². The molecule has 0 aromatic heterocycles. The number of amides is 2. The Bertz CT molecular complexity index is 1070. The van der Waals surface area contributed by atoms with E-state index in [2.05, 4.69) is 24.1 Å². The van der Waals surface area contributed by atoms with Gasteiger partial charge in [0, 0.05) is 30.4 Å². The number of anilines is 2. The minimum Gasteiger partial charge on any atom is -0.496 e. The summed E-state index contributed by atoms with van der Waals surface area (Å²) in [5, 5.41) is 2.71. The molecule has 0 radical (unpaired) electrons. The summed E-state index contributed by atoms with van der Waals surface area (Å²) in [6.07, 6.45) is 1.56. The van der Waals surface area contributed by atoms with Crippen molar-refractivity contribution in [2.24, 2.45) is 0 Å². The Morgan fingerprint density at radius 2 is 1.81 bits per heavy atom. The van der Waals surface area contributed by atoms with Crippen LogP contribution in [-0.4, -0.2) is 37.1 Å². The molecule has 3 rings (SSSR count). The summed E-state index contributed by atoms with van der Waals surface area (Å²) in [6, 6.07) is 11.4. The van der Waals surface area contributed by atoms with Gasteiger partial charge >= 0.3 is 0 Å². The highest BCUT2D eigenvalue weighted by Crippen LogP contribution is 2.30. The zero-order valence-corrected chi connectivity index (χ0v) is 19.3. The van der Waals surface area contributed by atoms with Gasteiger partial charge in [-0.2, -0.15) is 0 Å². The Morgan fingerprint density at radius 1 is 1.10 bits per heavy atom. The second kappa shape index (κ2) is 9.31. The predicted octanol–water partition coefficient (Wildman–Crippen LogP) is 3.99. The Balaban J connectivity index is 2.04. The average Bonchev–Trinajstić information content (AvgIpc) is 2.74. The number of benzene rings is 2. The van der Waals surface area contributed by atoms with Gasteiger partial charge < -0.3 is 9.64 Å². The van der Waals surface area contributed by atoms with Crippen molar-refractivity contribution in [1.29, 1.82) is 0 Å². The predicted molar refractivity (Wildman–Crippen MR) is 129 cm³/mol. The molecule has 1 N–H and O–H groups in total. The highest BCUT2D eigenvalue weighted by Gasteiger charge is 2.35. The number of carbonyl (C=O) groups is 2. The van der Waals surface area contributed by atoms with Crippen molar-refractivity contribution < 1.29 is 14.3 Å². The highest BCUT2D eigenvalue weighted by molar-refractivity contribution is 7.80. The van der Waals surface area contributed by atoms with E-state index in [1.165, 1.54) is 4.90 Å². The van der Waals surface area contributed by atoms with Gasteiger partial charge in [0.1, 0.15) is 11.3 Å². The first-order valence-electron chi connectivity index (χ1n) is 10.2. The number of hydrogen-bond donors (Lipinski definition) is 1. The monoisotopic (exact) mass is 437 g/mol. The first kappa shape index (κ1) is 22.5. The smallest absolute Gasteiger partial charge is 0.270 e. The van der Waals surface area contributed by atoms with Gasteiger partial charge in [-0.05, 0) is 69.8 Å². The molecule has 2 amide bonds. The Labute approximate surface area is 188 Å². The van der Waals surface area contributed by atoms with Crippen molar-refractivity contribution in [3.8, 4) is 5.75 Å². The quantitative estimate of drug-likeness (QED) is 0.421. The number of ether oxygens (including phenoxy) is 1. The summed E-state index contributed by atoms with van der Waals surface area (Å²) in [7, 11) is 1.57. The third kappa shape index (κ3) is 4.46. The number of hydrogen-bond acceptors (Lipinski definition) is 5. The van der Waals surface area contributed by atoms with Crippen LogP contribution in [0.15, 0.2) is 42.0 Å². The lowest BCUT2D eigenvalue weighted by Crippen LogP contribution is -2.54. The Hall–Kier alpha value is -3.19. The molecular weight excluding hydrogens is 410 g/mol. The van der Waals surface area contributed by atoms with Crippen molar-refractivity contribution in [3.63, 3.8) is 0 Å². The summed E-state index contributed by atoms with van der Waals surface area (Å²) in [5.74, 6) is -0.398. The fourth-order valence-electron chi connectivity index (χ4n) is 3.69. The third-order valence-corrected chi connectivity index (χ3v) is 5.63. The zero-order valence-electron chi connectivity index (χ0n) is 18.5. The van der Waals surface area contributed by atoms with Crippen LogP contribution >= 0.6 is 12.2 Å². The molecule has 0 bridgehead atoms. The molecule has 1 aliphatic rings. The number of aryl methyl sites for hydroxylation is 2. The van der Waals surface area contributed by atoms with Crippen LogP contribution in [0.1, 0.15) is 30.5 Å². The largest absolute Gasteiger partial charge is 0.496 e. The maximum absolute atomic E-state index is 13.3. The van der Waals surface area contributed by atoms with Crippen molar-refractivity contribution in [3.05, 3.63) is 58.7 Å². The maximum atomic E-state index is 13.3. The van der Waals surface area contributed by atoms with Gasteiger partial charge in [-0.15, -0.1) is 0 Å². The van der Waals surface area contributed by atoms with E-state index in [0.29, 0.717) is 17.0 Å². The van der Waals surface area contributed by atoms with E-state index in [-0.39, 0.29) is 10.7 Å². The van der Waals surface area contributed by atoms with Gasteiger partial charge in [-0.3, -0.25) is 19.8 Å². The van der Waals surface area contributed by atoms with Crippen LogP contribution in [0.3, 0.4) is 0 Å². The van der Waals surface area contributed by atoms with Gasteiger partial charge in [0.15, 0.2) is 5.11 Å². The molecule has 1 aliphatic heterocycles. The van der Waals surface area contributed by atoms with Crippen LogP contribution in [-0.2, 0) is 9.59 Å². The minimum absolute atomic E-state index is 0.00228. The molecule has 6 nitrogen and oxygen atoms in total. The molecule has 2 aromatic carbocycles. The number of rotatable bonds is 6. The van der Waals surface area contributed by atoms with E-state index in [0.717, 1.165) is 29.9 Å². The van der Waals surface area contributed by atoms with Crippen molar-refractivity contribution in [2.75, 3.05) is 30.0 Å². The van der Waals surface area contributed by atoms with Gasteiger partial charge in [0.2, 0.25) is 0 Å². The second-order valence-corrected chi connectivity index (χ2v) is 7.73. The van der Waals surface area contributed by atoms with Gasteiger partial charge in [-0.1, -0.05) is 17.7 Å². The molecule has 31 heavy (non-hydrogen) atoms. The summed E-state index contributed by atoms with van der Waals surface area (Å²) in [6.45, 7) is 9.79. The number of carbonyl (C=O) groups excluding carboxylic acids is 2. The lowest BCUT2D eigenvalue weighted by atomic mass is 10.0. The lowest BCUT2D eigenvalue weighted by Gasteiger charge is -2.30. The Morgan fingerprint density at radius 3 is 2.42 bits per heavy atom. The van der Waals surface area contributed by atoms with E-state index >= 15 is 0 Å². The van der Waals surface area contributed by atoms with Crippen molar-refractivity contribution in [1.82, 2.24) is 5.32 Å². The molecule has 0 unspecified atom stereocenters. The normalized spacial score (nSPS) is 15.3. The van der Waals surface area contributed by atoms with E-state index in [4.69, 9.17) is 17.0 Å². The molecule has 1 saturated heterocycles. The maximum Gasteiger partial charge on any atom is 0.270 e.